The molecule has 0 aromatic heterocycles. The van der Waals surface area contributed by atoms with Crippen LogP contribution in [0.1, 0.15) is 6.92 Å². The summed E-state index contributed by atoms with van der Waals surface area (Å²) in [7, 11) is 0. The summed E-state index contributed by atoms with van der Waals surface area (Å²) in [6.07, 6.45) is -26.1. The van der Waals surface area contributed by atoms with E-state index in [9.17, 15) is 61.4 Å². The Labute approximate surface area is 261 Å². The van der Waals surface area contributed by atoms with Gasteiger partial charge in [-0.1, -0.05) is 6.08 Å². The summed E-state index contributed by atoms with van der Waals surface area (Å²) in [5.41, 5.74) is 0.0687. The Balaban J connectivity index is 1.45. The molecule has 21 nitrogen and oxygen atoms in total. The van der Waals surface area contributed by atoms with E-state index in [0.717, 1.165) is 0 Å². The van der Waals surface area contributed by atoms with Crippen LogP contribution >= 0.6 is 0 Å². The second-order valence-corrected chi connectivity index (χ2v) is 11.6. The number of hydrogen-bond acceptors (Lipinski definition) is 21. The van der Waals surface area contributed by atoms with E-state index in [1.54, 1.807) is 0 Å². The van der Waals surface area contributed by atoms with Crippen LogP contribution in [0.4, 0.5) is 0 Å². The van der Waals surface area contributed by atoms with Gasteiger partial charge in [0.25, 0.3) is 0 Å². The summed E-state index contributed by atoms with van der Waals surface area (Å²) < 4.78 is 27.5. The van der Waals surface area contributed by atoms with Crippen molar-refractivity contribution in [2.24, 2.45) is 5.90 Å². The molecule has 4 aliphatic rings. The Kier molecular flexibility index (Phi) is 13.2. The lowest BCUT2D eigenvalue weighted by Gasteiger charge is -2.49. The smallest absolute Gasteiger partial charge is 0.187 e. The highest BCUT2D eigenvalue weighted by Gasteiger charge is 2.54. The summed E-state index contributed by atoms with van der Waals surface area (Å²) >= 11 is 0. The van der Waals surface area contributed by atoms with Gasteiger partial charge in [0.1, 0.15) is 79.4 Å². The molecule has 0 aromatic rings. The molecule has 0 spiro atoms. The van der Waals surface area contributed by atoms with Gasteiger partial charge in [-0.25, -0.2) is 10.8 Å². The Hall–Kier alpha value is -1.10. The van der Waals surface area contributed by atoms with Gasteiger partial charge < -0.3 is 85.2 Å². The minimum absolute atomic E-state index is 0.0687. The van der Waals surface area contributed by atoms with Crippen LogP contribution in [0.5, 0.6) is 0 Å². The quantitative estimate of drug-likeness (QED) is 0.0548. The lowest BCUT2D eigenvalue weighted by atomic mass is 9.86. The average molecular weight is 677 g/mol. The van der Waals surface area contributed by atoms with Crippen molar-refractivity contribution < 1.29 is 94.8 Å². The summed E-state index contributed by atoms with van der Waals surface area (Å²) in [6, 6.07) is -2.15. The number of nitrogens with two attached hydrogens (primary N) is 1. The minimum Gasteiger partial charge on any atom is -0.394 e. The highest BCUT2D eigenvalue weighted by molar-refractivity contribution is 5.22. The fraction of sp³-hybridized carbons (Fsp3) is 0.920. The molecule has 1 aliphatic carbocycles. The first-order chi connectivity index (χ1) is 21.8. The van der Waals surface area contributed by atoms with E-state index >= 15 is 0 Å². The largest absolute Gasteiger partial charge is 0.394 e. The third-order valence-electron chi connectivity index (χ3n) is 8.70. The van der Waals surface area contributed by atoms with Gasteiger partial charge in [-0.05, 0) is 12.5 Å². The molecule has 0 saturated carbocycles. The van der Waals surface area contributed by atoms with Gasteiger partial charge in [-0.15, -0.1) is 0 Å². The fourth-order valence-corrected chi connectivity index (χ4v) is 6.06. The van der Waals surface area contributed by atoms with E-state index in [0.29, 0.717) is 0 Å². The Morgan fingerprint density at radius 2 is 1.28 bits per heavy atom. The van der Waals surface area contributed by atoms with Gasteiger partial charge >= 0.3 is 0 Å². The molecular weight excluding hydrogens is 632 g/mol. The van der Waals surface area contributed by atoms with Gasteiger partial charge in [0.05, 0.1) is 38.0 Å². The number of rotatable bonds is 11. The molecule has 3 fully saturated rings. The van der Waals surface area contributed by atoms with Crippen LogP contribution in [0.15, 0.2) is 11.6 Å². The van der Waals surface area contributed by atoms with Crippen LogP contribution in [0, 0.1) is 0 Å². The number of ether oxygens (including phenoxy) is 5. The molecule has 268 valence electrons. The zero-order valence-electron chi connectivity index (χ0n) is 24.5. The van der Waals surface area contributed by atoms with Gasteiger partial charge in [-0.3, -0.25) is 10.1 Å². The Morgan fingerprint density at radius 1 is 0.717 bits per heavy atom. The van der Waals surface area contributed by atoms with Crippen molar-refractivity contribution in [3.8, 4) is 0 Å². The molecule has 19 atom stereocenters. The SMILES string of the molecule is C[C@H]1O[C@H](O[C@H]2[C@H](O)[C@@H](O)[C@@H](O[C@H]3[C@H](O)[C@@H](O)[C@@H](O)O[C@@H]3CO)O[C@@H]2CO)[C@H](O)[C@@H](OO)[C@@H]1N[C@H]1C=C(CO)[C@@H](O)[C@H](ON)[C@H]1O. The lowest BCUT2D eigenvalue weighted by Crippen LogP contribution is -2.69. The number of aliphatic hydroxyl groups is 11. The molecule has 0 radical (unpaired) electrons. The summed E-state index contributed by atoms with van der Waals surface area (Å²) in [5.74, 6) is 5.21. The molecular formula is C25H44N2O19. The third kappa shape index (κ3) is 7.40. The van der Waals surface area contributed by atoms with Crippen molar-refractivity contribution in [2.75, 3.05) is 19.8 Å². The maximum absolute atomic E-state index is 11.0. The van der Waals surface area contributed by atoms with E-state index in [2.05, 4.69) is 15.0 Å². The monoisotopic (exact) mass is 676 g/mol. The second kappa shape index (κ2) is 16.1. The van der Waals surface area contributed by atoms with Crippen molar-refractivity contribution in [2.45, 2.75) is 123 Å². The summed E-state index contributed by atoms with van der Waals surface area (Å²) in [5, 5.41) is 126. The molecule has 46 heavy (non-hydrogen) atoms. The molecule has 3 aliphatic heterocycles. The normalized spacial score (nSPS) is 50.3. The maximum Gasteiger partial charge on any atom is 0.187 e. The van der Waals surface area contributed by atoms with Crippen molar-refractivity contribution in [3.63, 3.8) is 0 Å². The predicted octanol–water partition coefficient (Wildman–Crippen LogP) is -8.17. The zero-order valence-corrected chi connectivity index (χ0v) is 24.5. The van der Waals surface area contributed by atoms with E-state index in [1.807, 2.05) is 0 Å². The third-order valence-corrected chi connectivity index (χ3v) is 8.70. The lowest BCUT2D eigenvalue weighted by molar-refractivity contribution is -0.388. The number of nitrogens with one attached hydrogen (secondary N) is 1. The molecule has 0 aromatic carbocycles. The van der Waals surface area contributed by atoms with Crippen LogP contribution in [-0.4, -0.2) is 198 Å². The second-order valence-electron chi connectivity index (χ2n) is 11.6. The summed E-state index contributed by atoms with van der Waals surface area (Å²) in [6.45, 7) is -0.757. The van der Waals surface area contributed by atoms with Crippen LogP contribution in [0.3, 0.4) is 0 Å². The van der Waals surface area contributed by atoms with Crippen LogP contribution in [0.25, 0.3) is 0 Å². The van der Waals surface area contributed by atoms with E-state index < -0.39 is 136 Å². The topological polar surface area (TPSA) is 345 Å². The summed E-state index contributed by atoms with van der Waals surface area (Å²) in [4.78, 5) is 9.20. The van der Waals surface area contributed by atoms with E-state index in [1.165, 1.54) is 13.0 Å². The molecule has 21 heteroatoms. The Morgan fingerprint density at radius 3 is 1.83 bits per heavy atom. The van der Waals surface area contributed by atoms with Crippen LogP contribution in [0.2, 0.25) is 0 Å². The minimum atomic E-state index is -1.95. The average Bonchev–Trinajstić information content (AvgIpc) is 3.04. The first-order valence-electron chi connectivity index (χ1n) is 14.5. The zero-order chi connectivity index (χ0) is 34.0. The van der Waals surface area contributed by atoms with Crippen LogP contribution in [-0.2, 0) is 33.4 Å². The van der Waals surface area contributed by atoms with Gasteiger partial charge in [0.15, 0.2) is 18.9 Å². The van der Waals surface area contributed by atoms with Gasteiger partial charge in [-0.2, -0.15) is 0 Å². The van der Waals surface area contributed by atoms with Gasteiger partial charge in [0.2, 0.25) is 0 Å². The first-order valence-corrected chi connectivity index (χ1v) is 14.5. The molecule has 0 amide bonds. The number of aliphatic hydroxyl groups excluding tert-OH is 11. The molecule has 4 rings (SSSR count). The fourth-order valence-electron chi connectivity index (χ4n) is 6.06. The highest BCUT2D eigenvalue weighted by atomic mass is 17.1. The highest BCUT2D eigenvalue weighted by Crippen LogP contribution is 2.33. The molecule has 0 bridgehead atoms. The Bertz CT molecular complexity index is 995. The molecule has 0 unspecified atom stereocenters. The van der Waals surface area contributed by atoms with E-state index in [4.69, 9.17) is 29.6 Å². The van der Waals surface area contributed by atoms with Crippen molar-refractivity contribution in [3.05, 3.63) is 11.6 Å². The van der Waals surface area contributed by atoms with E-state index in [-0.39, 0.29) is 5.57 Å². The molecule has 3 saturated heterocycles. The molecule has 15 N–H and O–H groups in total. The standard InChI is InChI=1S/C25H44N2O19/c1-6-11(27-8-2-7(3-28)12(31)22(45-26)13(8)32)21(46-39)18(37)25(40-6)44-20-10(5-30)42-24(17(36)15(20)34)43-19-9(4-29)41-23(38)16(35)14(19)33/h2,6,8-25,27-39H,3-5,26H2,1H3/t6-,8+,9-,10-,11-,12-,13+,14-,15-,16-,17-,18-,19-,20-,21+,22+,23+,24-,25-/m1/s1. The first kappa shape index (κ1) is 37.7. The van der Waals surface area contributed by atoms with Crippen molar-refractivity contribution >= 4 is 0 Å². The van der Waals surface area contributed by atoms with Crippen LogP contribution < -0.4 is 11.2 Å². The maximum atomic E-state index is 11.0. The molecule has 3 heterocycles. The number of hydrogen-bond donors (Lipinski definition) is 14. The van der Waals surface area contributed by atoms with Gasteiger partial charge in [0, 0.05) is 0 Å². The van der Waals surface area contributed by atoms with Crippen molar-refractivity contribution in [1.82, 2.24) is 5.32 Å². The van der Waals surface area contributed by atoms with Crippen molar-refractivity contribution in [1.29, 1.82) is 0 Å². The predicted molar refractivity (Wildman–Crippen MR) is 142 cm³/mol.